The van der Waals surface area contributed by atoms with Gasteiger partial charge in [0.15, 0.2) is 0 Å². The van der Waals surface area contributed by atoms with Crippen LogP contribution in [0.5, 0.6) is 0 Å². The van der Waals surface area contributed by atoms with E-state index in [9.17, 15) is 0 Å². The average molecular weight is 284 g/mol. The second-order valence-electron chi connectivity index (χ2n) is 4.74. The molecular weight excluding hydrogens is 264 g/mol. The molecule has 0 saturated heterocycles. The first-order chi connectivity index (χ1) is 10.3. The van der Waals surface area contributed by atoms with Crippen LogP contribution in [0.15, 0.2) is 59.9 Å². The maximum Gasteiger partial charge on any atom is 0.140 e. The van der Waals surface area contributed by atoms with E-state index >= 15 is 0 Å². The molecule has 110 valence electrons. The minimum atomic E-state index is 0.244. The Labute approximate surface area is 124 Å². The Kier molecular flexibility index (Phi) is 5.58. The van der Waals surface area contributed by atoms with Crippen molar-refractivity contribution in [3.8, 4) is 0 Å². The first kappa shape index (κ1) is 14.8. The zero-order chi connectivity index (χ0) is 14.9. The van der Waals surface area contributed by atoms with Crippen molar-refractivity contribution in [2.75, 3.05) is 18.0 Å². The lowest BCUT2D eigenvalue weighted by Gasteiger charge is -2.24. The Morgan fingerprint density at radius 2 is 1.86 bits per heavy atom. The molecule has 0 aliphatic rings. The molecule has 0 bridgehead atoms. The van der Waals surface area contributed by atoms with Gasteiger partial charge in [-0.05, 0) is 24.3 Å². The molecule has 5 heteroatoms. The largest absolute Gasteiger partial charge is 0.409 e. The molecule has 1 heterocycles. The molecule has 3 N–H and O–H groups in total. The summed E-state index contributed by atoms with van der Waals surface area (Å²) in [5.41, 5.74) is 7.75. The van der Waals surface area contributed by atoms with Crippen LogP contribution in [0.3, 0.4) is 0 Å². The number of hydrogen-bond donors (Lipinski definition) is 2. The summed E-state index contributed by atoms with van der Waals surface area (Å²) in [5, 5.41) is 11.7. The van der Waals surface area contributed by atoms with E-state index in [0.717, 1.165) is 24.3 Å². The Bertz CT molecular complexity index is 557. The fraction of sp³-hybridized carbons (Fsp3) is 0.250. The first-order valence-electron chi connectivity index (χ1n) is 6.96. The molecule has 1 aromatic heterocycles. The van der Waals surface area contributed by atoms with Crippen molar-refractivity contribution in [3.05, 3.63) is 60.4 Å². The molecule has 0 unspecified atom stereocenters. The number of anilines is 1. The number of nitrogens with zero attached hydrogens (tertiary/aromatic N) is 3. The van der Waals surface area contributed by atoms with E-state index in [1.165, 1.54) is 0 Å². The molecule has 0 aliphatic heterocycles. The van der Waals surface area contributed by atoms with Crippen LogP contribution in [0.4, 0.5) is 5.69 Å². The highest BCUT2D eigenvalue weighted by atomic mass is 16.4. The van der Waals surface area contributed by atoms with Crippen LogP contribution in [-0.2, 0) is 6.42 Å². The topological polar surface area (TPSA) is 74.7 Å². The first-order valence-corrected chi connectivity index (χ1v) is 6.96. The minimum Gasteiger partial charge on any atom is -0.409 e. The predicted molar refractivity (Wildman–Crippen MR) is 84.6 cm³/mol. The maximum absolute atomic E-state index is 8.66. The van der Waals surface area contributed by atoms with Crippen molar-refractivity contribution in [1.29, 1.82) is 0 Å². The van der Waals surface area contributed by atoms with E-state index < -0.39 is 0 Å². The Hall–Kier alpha value is -2.56. The van der Waals surface area contributed by atoms with Gasteiger partial charge in [0.05, 0.1) is 0 Å². The van der Waals surface area contributed by atoms with Gasteiger partial charge in [0.2, 0.25) is 0 Å². The third kappa shape index (κ3) is 4.80. The lowest BCUT2D eigenvalue weighted by atomic mass is 10.2. The van der Waals surface area contributed by atoms with Gasteiger partial charge in [-0.25, -0.2) is 0 Å². The molecule has 0 fully saturated rings. The van der Waals surface area contributed by atoms with Crippen LogP contribution in [0.1, 0.15) is 12.1 Å². The second kappa shape index (κ2) is 7.89. The van der Waals surface area contributed by atoms with E-state index in [-0.39, 0.29) is 5.84 Å². The van der Waals surface area contributed by atoms with Gasteiger partial charge >= 0.3 is 0 Å². The zero-order valence-corrected chi connectivity index (χ0v) is 11.9. The highest BCUT2D eigenvalue weighted by molar-refractivity contribution is 5.80. The molecule has 0 atom stereocenters. The highest BCUT2D eigenvalue weighted by Gasteiger charge is 2.08. The number of oxime groups is 1. The molecule has 1 aromatic carbocycles. The standard InChI is InChI=1S/C16H20N4O/c17-16(19-21)10-13-20(15-7-2-1-3-8-15)12-9-14-6-4-5-11-18-14/h1-8,11,21H,9-10,12-13H2,(H2,17,19). The number of para-hydroxylation sites is 1. The van der Waals surface area contributed by atoms with Gasteiger partial charge in [-0.2, -0.15) is 0 Å². The van der Waals surface area contributed by atoms with Crippen LogP contribution in [0.25, 0.3) is 0 Å². The van der Waals surface area contributed by atoms with Gasteiger partial charge in [0, 0.05) is 43.5 Å². The monoisotopic (exact) mass is 284 g/mol. The lowest BCUT2D eigenvalue weighted by Crippen LogP contribution is -2.30. The third-order valence-corrected chi connectivity index (χ3v) is 3.25. The second-order valence-corrected chi connectivity index (χ2v) is 4.74. The van der Waals surface area contributed by atoms with Gasteiger partial charge in [0.1, 0.15) is 5.84 Å². The van der Waals surface area contributed by atoms with Gasteiger partial charge in [-0.3, -0.25) is 4.98 Å². The van der Waals surface area contributed by atoms with E-state index in [0.29, 0.717) is 13.0 Å². The number of hydrogen-bond acceptors (Lipinski definition) is 4. The molecule has 21 heavy (non-hydrogen) atoms. The molecule has 2 rings (SSSR count). The fourth-order valence-electron chi connectivity index (χ4n) is 2.10. The number of aromatic nitrogens is 1. The normalized spacial score (nSPS) is 11.3. The fourth-order valence-corrected chi connectivity index (χ4v) is 2.10. The van der Waals surface area contributed by atoms with Crippen molar-refractivity contribution in [2.24, 2.45) is 10.9 Å². The predicted octanol–water partition coefficient (Wildman–Crippen LogP) is 2.27. The van der Waals surface area contributed by atoms with Crippen LogP contribution >= 0.6 is 0 Å². The van der Waals surface area contributed by atoms with E-state index in [4.69, 9.17) is 10.9 Å². The smallest absolute Gasteiger partial charge is 0.140 e. The van der Waals surface area contributed by atoms with Gasteiger partial charge in [-0.15, -0.1) is 0 Å². The Morgan fingerprint density at radius 1 is 1.10 bits per heavy atom. The quantitative estimate of drug-likeness (QED) is 0.354. The molecule has 0 spiro atoms. The van der Waals surface area contributed by atoms with E-state index in [1.807, 2.05) is 36.4 Å². The van der Waals surface area contributed by atoms with Crippen LogP contribution in [-0.4, -0.2) is 29.1 Å². The summed E-state index contributed by atoms with van der Waals surface area (Å²) in [6.07, 6.45) is 3.18. The molecule has 0 aliphatic carbocycles. The zero-order valence-electron chi connectivity index (χ0n) is 11.9. The van der Waals surface area contributed by atoms with Crippen molar-refractivity contribution in [2.45, 2.75) is 12.8 Å². The Morgan fingerprint density at radius 3 is 2.52 bits per heavy atom. The lowest BCUT2D eigenvalue weighted by molar-refractivity contribution is 0.317. The number of nitrogens with two attached hydrogens (primary N) is 1. The number of benzene rings is 1. The summed E-state index contributed by atoms with van der Waals surface area (Å²) in [6, 6.07) is 16.0. The van der Waals surface area contributed by atoms with Gasteiger partial charge < -0.3 is 15.8 Å². The summed E-state index contributed by atoms with van der Waals surface area (Å²) < 4.78 is 0. The van der Waals surface area contributed by atoms with Crippen LogP contribution < -0.4 is 10.6 Å². The summed E-state index contributed by atoms with van der Waals surface area (Å²) in [5.74, 6) is 0.244. The number of rotatable bonds is 7. The minimum absolute atomic E-state index is 0.244. The number of pyridine rings is 1. The molecule has 0 radical (unpaired) electrons. The van der Waals surface area contributed by atoms with Gasteiger partial charge in [-0.1, -0.05) is 29.4 Å². The third-order valence-electron chi connectivity index (χ3n) is 3.25. The molecular formula is C16H20N4O. The van der Waals surface area contributed by atoms with Crippen molar-refractivity contribution in [3.63, 3.8) is 0 Å². The Balaban J connectivity index is 2.01. The average Bonchev–Trinajstić information content (AvgIpc) is 2.56. The number of amidine groups is 1. The van der Waals surface area contributed by atoms with Crippen molar-refractivity contribution < 1.29 is 5.21 Å². The summed E-state index contributed by atoms with van der Waals surface area (Å²) in [7, 11) is 0. The van der Waals surface area contributed by atoms with Crippen molar-refractivity contribution in [1.82, 2.24) is 4.98 Å². The van der Waals surface area contributed by atoms with Gasteiger partial charge in [0.25, 0.3) is 0 Å². The summed E-state index contributed by atoms with van der Waals surface area (Å²) in [4.78, 5) is 6.56. The summed E-state index contributed by atoms with van der Waals surface area (Å²) in [6.45, 7) is 1.53. The van der Waals surface area contributed by atoms with E-state index in [2.05, 4.69) is 27.2 Å². The SMILES string of the molecule is N/C(CCN(CCc1ccccn1)c1ccccc1)=N\O. The van der Waals surface area contributed by atoms with E-state index in [1.54, 1.807) is 6.20 Å². The highest BCUT2D eigenvalue weighted by Crippen LogP contribution is 2.14. The maximum atomic E-state index is 8.66. The summed E-state index contributed by atoms with van der Waals surface area (Å²) >= 11 is 0. The van der Waals surface area contributed by atoms with Crippen LogP contribution in [0, 0.1) is 0 Å². The van der Waals surface area contributed by atoms with Crippen molar-refractivity contribution >= 4 is 11.5 Å². The molecule has 0 saturated carbocycles. The van der Waals surface area contributed by atoms with Crippen LogP contribution in [0.2, 0.25) is 0 Å². The molecule has 2 aromatic rings. The molecule has 0 amide bonds. The molecule has 5 nitrogen and oxygen atoms in total.